The Morgan fingerprint density at radius 2 is 1.85 bits per heavy atom. The SMILES string of the molecule is Cc1c(O)c(C[NH+]2CCC(C)CC2)cc2c(-c3ccccc3)cc(=O)oc12. The first-order valence-electron chi connectivity index (χ1n) is 9.71. The zero-order valence-corrected chi connectivity index (χ0v) is 15.9. The van der Waals surface area contributed by atoms with Gasteiger partial charge in [0.1, 0.15) is 17.9 Å². The van der Waals surface area contributed by atoms with Crippen LogP contribution < -0.4 is 10.5 Å². The number of likely N-dealkylation sites (tertiary alicyclic amines) is 1. The monoisotopic (exact) mass is 364 g/mol. The maximum absolute atomic E-state index is 12.1. The van der Waals surface area contributed by atoms with Gasteiger partial charge in [0.05, 0.1) is 13.1 Å². The van der Waals surface area contributed by atoms with Crippen LogP contribution in [-0.2, 0) is 6.54 Å². The van der Waals surface area contributed by atoms with Crippen molar-refractivity contribution in [1.82, 2.24) is 0 Å². The molecule has 140 valence electrons. The molecule has 0 saturated carbocycles. The first-order valence-corrected chi connectivity index (χ1v) is 9.71. The van der Waals surface area contributed by atoms with Crippen molar-refractivity contribution in [2.45, 2.75) is 33.2 Å². The van der Waals surface area contributed by atoms with E-state index in [0.29, 0.717) is 11.1 Å². The van der Waals surface area contributed by atoms with Crippen molar-refractivity contribution >= 4 is 11.0 Å². The van der Waals surface area contributed by atoms with Gasteiger partial charge in [0, 0.05) is 22.6 Å². The van der Waals surface area contributed by atoms with E-state index in [2.05, 4.69) is 6.92 Å². The molecule has 1 aromatic heterocycles. The predicted molar refractivity (Wildman–Crippen MR) is 107 cm³/mol. The summed E-state index contributed by atoms with van der Waals surface area (Å²) in [5, 5.41) is 11.6. The van der Waals surface area contributed by atoms with E-state index in [-0.39, 0.29) is 5.75 Å². The fourth-order valence-corrected chi connectivity index (χ4v) is 4.12. The number of quaternary nitrogens is 1. The number of hydrogen-bond donors (Lipinski definition) is 2. The Morgan fingerprint density at radius 1 is 1.15 bits per heavy atom. The van der Waals surface area contributed by atoms with E-state index in [9.17, 15) is 9.90 Å². The Labute approximate surface area is 159 Å². The molecule has 0 amide bonds. The molecule has 2 N–H and O–H groups in total. The van der Waals surface area contributed by atoms with Gasteiger partial charge in [0.2, 0.25) is 0 Å². The van der Waals surface area contributed by atoms with Gasteiger partial charge >= 0.3 is 5.63 Å². The number of phenols is 1. The summed E-state index contributed by atoms with van der Waals surface area (Å²) in [5.41, 5.74) is 3.48. The van der Waals surface area contributed by atoms with Crippen LogP contribution in [0.15, 0.2) is 51.7 Å². The van der Waals surface area contributed by atoms with Crippen LogP contribution in [0.1, 0.15) is 30.9 Å². The number of aromatic hydroxyl groups is 1. The molecule has 1 aliphatic heterocycles. The first kappa shape index (κ1) is 17.8. The normalized spacial score (nSPS) is 20.1. The van der Waals surface area contributed by atoms with Crippen molar-refractivity contribution in [2.75, 3.05) is 13.1 Å². The van der Waals surface area contributed by atoms with Gasteiger partial charge in [-0.15, -0.1) is 0 Å². The summed E-state index contributed by atoms with van der Waals surface area (Å²) in [6.07, 6.45) is 2.46. The summed E-state index contributed by atoms with van der Waals surface area (Å²) in [5.74, 6) is 1.04. The summed E-state index contributed by atoms with van der Waals surface area (Å²) in [4.78, 5) is 13.6. The number of benzene rings is 2. The number of hydrogen-bond acceptors (Lipinski definition) is 3. The second-order valence-electron chi connectivity index (χ2n) is 7.84. The number of rotatable bonds is 3. The van der Waals surface area contributed by atoms with Crippen LogP contribution in [0.5, 0.6) is 5.75 Å². The standard InChI is InChI=1S/C23H25NO3/c1-15-8-10-24(11-9-15)14-18-12-20-19(17-6-4-3-5-7-17)13-21(25)27-23(20)16(2)22(18)26/h3-7,12-13,15,26H,8-11,14H2,1-2H3/p+1. The molecule has 1 saturated heterocycles. The van der Waals surface area contributed by atoms with Gasteiger partial charge < -0.3 is 14.4 Å². The minimum atomic E-state index is -0.396. The molecule has 0 bridgehead atoms. The van der Waals surface area contributed by atoms with Gasteiger partial charge in [-0.3, -0.25) is 0 Å². The molecule has 4 rings (SSSR count). The van der Waals surface area contributed by atoms with Crippen molar-refractivity contribution in [3.63, 3.8) is 0 Å². The third kappa shape index (κ3) is 3.50. The van der Waals surface area contributed by atoms with Gasteiger partial charge in [0.15, 0.2) is 0 Å². The summed E-state index contributed by atoms with van der Waals surface area (Å²) in [7, 11) is 0. The summed E-state index contributed by atoms with van der Waals surface area (Å²) in [6.45, 7) is 7.19. The lowest BCUT2D eigenvalue weighted by Crippen LogP contribution is -3.11. The Bertz CT molecular complexity index is 1020. The van der Waals surface area contributed by atoms with Crippen molar-refractivity contribution < 1.29 is 14.4 Å². The molecule has 27 heavy (non-hydrogen) atoms. The summed E-state index contributed by atoms with van der Waals surface area (Å²) >= 11 is 0. The molecule has 0 radical (unpaired) electrons. The van der Waals surface area contributed by atoms with Gasteiger partial charge in [-0.05, 0) is 42.9 Å². The quantitative estimate of drug-likeness (QED) is 0.701. The third-order valence-corrected chi connectivity index (χ3v) is 5.82. The molecule has 3 aromatic rings. The van der Waals surface area contributed by atoms with E-state index in [4.69, 9.17) is 4.42 Å². The van der Waals surface area contributed by atoms with E-state index in [1.165, 1.54) is 17.7 Å². The Hall–Kier alpha value is -2.59. The van der Waals surface area contributed by atoms with E-state index < -0.39 is 5.63 Å². The lowest BCUT2D eigenvalue weighted by atomic mass is 9.96. The fraction of sp³-hybridized carbons (Fsp3) is 0.348. The predicted octanol–water partition coefficient (Wildman–Crippen LogP) is 3.29. The molecule has 0 aliphatic carbocycles. The van der Waals surface area contributed by atoms with Gasteiger partial charge in [-0.25, -0.2) is 4.79 Å². The van der Waals surface area contributed by atoms with Crippen molar-refractivity contribution in [1.29, 1.82) is 0 Å². The molecule has 1 aliphatic rings. The summed E-state index contributed by atoms with van der Waals surface area (Å²) in [6, 6.07) is 13.4. The molecule has 0 unspecified atom stereocenters. The number of nitrogens with one attached hydrogen (secondary N) is 1. The van der Waals surface area contributed by atoms with Crippen molar-refractivity contribution in [2.24, 2.45) is 5.92 Å². The zero-order valence-electron chi connectivity index (χ0n) is 15.9. The van der Waals surface area contributed by atoms with Crippen LogP contribution in [0.3, 0.4) is 0 Å². The van der Waals surface area contributed by atoms with Crippen LogP contribution in [0.4, 0.5) is 0 Å². The molecule has 1 fully saturated rings. The minimum absolute atomic E-state index is 0.252. The number of fused-ring (bicyclic) bond motifs is 1. The van der Waals surface area contributed by atoms with E-state index in [0.717, 1.165) is 47.6 Å². The van der Waals surface area contributed by atoms with Crippen molar-refractivity contribution in [3.8, 4) is 16.9 Å². The molecule has 2 aromatic carbocycles. The zero-order chi connectivity index (χ0) is 19.0. The second-order valence-corrected chi connectivity index (χ2v) is 7.84. The highest BCUT2D eigenvalue weighted by atomic mass is 16.4. The molecule has 4 nitrogen and oxygen atoms in total. The Balaban J connectivity index is 1.83. The number of phenolic OH excluding ortho intramolecular Hbond substituents is 1. The topological polar surface area (TPSA) is 54.9 Å². The van der Waals surface area contributed by atoms with E-state index in [1.54, 1.807) is 6.07 Å². The highest BCUT2D eigenvalue weighted by molar-refractivity contribution is 5.96. The smallest absolute Gasteiger partial charge is 0.336 e. The minimum Gasteiger partial charge on any atom is -0.507 e. The van der Waals surface area contributed by atoms with Crippen LogP contribution >= 0.6 is 0 Å². The second kappa shape index (κ2) is 7.20. The van der Waals surface area contributed by atoms with Crippen LogP contribution in [0.2, 0.25) is 0 Å². The largest absolute Gasteiger partial charge is 0.507 e. The van der Waals surface area contributed by atoms with Crippen molar-refractivity contribution in [3.05, 3.63) is 64.0 Å². The first-order chi connectivity index (χ1) is 13.0. The number of piperidine rings is 1. The molecular weight excluding hydrogens is 338 g/mol. The third-order valence-electron chi connectivity index (χ3n) is 5.82. The van der Waals surface area contributed by atoms with Gasteiger partial charge in [0.25, 0.3) is 0 Å². The molecule has 0 spiro atoms. The Morgan fingerprint density at radius 3 is 2.56 bits per heavy atom. The highest BCUT2D eigenvalue weighted by Crippen LogP contribution is 2.35. The summed E-state index contributed by atoms with van der Waals surface area (Å²) < 4.78 is 5.47. The lowest BCUT2D eigenvalue weighted by molar-refractivity contribution is -0.919. The maximum Gasteiger partial charge on any atom is 0.336 e. The van der Waals surface area contributed by atoms with Gasteiger partial charge in [-0.2, -0.15) is 0 Å². The average molecular weight is 364 g/mol. The molecule has 2 heterocycles. The maximum atomic E-state index is 12.1. The van der Waals surface area contributed by atoms with E-state index in [1.807, 2.05) is 43.3 Å². The van der Waals surface area contributed by atoms with Crippen LogP contribution in [0.25, 0.3) is 22.1 Å². The van der Waals surface area contributed by atoms with Gasteiger partial charge in [-0.1, -0.05) is 37.3 Å². The average Bonchev–Trinajstić information content (AvgIpc) is 2.68. The molecule has 4 heteroatoms. The van der Waals surface area contributed by atoms with Crippen LogP contribution in [0, 0.1) is 12.8 Å². The van der Waals surface area contributed by atoms with Crippen LogP contribution in [-0.4, -0.2) is 18.2 Å². The van der Waals surface area contributed by atoms with E-state index >= 15 is 0 Å². The highest BCUT2D eigenvalue weighted by Gasteiger charge is 2.22. The number of aryl methyl sites for hydroxylation is 1. The fourth-order valence-electron chi connectivity index (χ4n) is 4.12. The molecule has 0 atom stereocenters. The lowest BCUT2D eigenvalue weighted by Gasteiger charge is -2.27. The molecular formula is C23H26NO3+. The Kier molecular flexibility index (Phi) is 4.75.